The van der Waals surface area contributed by atoms with E-state index in [-0.39, 0.29) is 11.9 Å². The molecule has 1 aliphatic heterocycles. The van der Waals surface area contributed by atoms with E-state index in [9.17, 15) is 18.0 Å². The highest BCUT2D eigenvalue weighted by atomic mass is 19.4. The third-order valence-corrected chi connectivity index (χ3v) is 3.15. The number of hydrogen-bond acceptors (Lipinski definition) is 4. The summed E-state index contributed by atoms with van der Waals surface area (Å²) in [6.07, 6.45) is -1.38. The molecule has 5 nitrogen and oxygen atoms in total. The summed E-state index contributed by atoms with van der Waals surface area (Å²) in [6, 6.07) is 0.109. The summed E-state index contributed by atoms with van der Waals surface area (Å²) < 4.78 is 37.2. The minimum Gasteiger partial charge on any atom is -0.353 e. The summed E-state index contributed by atoms with van der Waals surface area (Å²) in [7, 11) is 0. The number of rotatable bonds is 2. The molecule has 1 N–H and O–H groups in total. The average Bonchev–Trinajstić information content (AvgIpc) is 2.38. The molecule has 2 heterocycles. The van der Waals surface area contributed by atoms with E-state index in [4.69, 9.17) is 0 Å². The molecule has 1 aliphatic rings. The van der Waals surface area contributed by atoms with Crippen LogP contribution in [0.5, 0.6) is 0 Å². The molecule has 1 fully saturated rings. The number of carbonyl (C=O) groups excluding carboxylic acids is 1. The van der Waals surface area contributed by atoms with Crippen LogP contribution in [-0.2, 0) is 11.0 Å². The zero-order valence-electron chi connectivity index (χ0n) is 10.9. The van der Waals surface area contributed by atoms with E-state index in [0.29, 0.717) is 19.0 Å². The van der Waals surface area contributed by atoms with Gasteiger partial charge in [0.1, 0.15) is 0 Å². The summed E-state index contributed by atoms with van der Waals surface area (Å²) in [5.74, 6) is 0.216. The predicted molar refractivity (Wildman–Crippen MR) is 66.1 cm³/mol. The van der Waals surface area contributed by atoms with E-state index in [0.717, 1.165) is 25.2 Å². The van der Waals surface area contributed by atoms with Gasteiger partial charge in [-0.2, -0.15) is 13.2 Å². The maximum atomic E-state index is 12.4. The molecule has 0 unspecified atom stereocenters. The molecular weight excluding hydrogens is 273 g/mol. The predicted octanol–water partition coefficient (Wildman–Crippen LogP) is 1.60. The van der Waals surface area contributed by atoms with E-state index in [1.807, 2.05) is 4.90 Å². The average molecular weight is 288 g/mol. The molecule has 1 aromatic rings. The topological polar surface area (TPSA) is 58.1 Å². The monoisotopic (exact) mass is 288 g/mol. The van der Waals surface area contributed by atoms with Gasteiger partial charge in [0.2, 0.25) is 11.9 Å². The van der Waals surface area contributed by atoms with Crippen LogP contribution in [0.4, 0.5) is 19.1 Å². The van der Waals surface area contributed by atoms with Gasteiger partial charge in [0.15, 0.2) is 0 Å². The van der Waals surface area contributed by atoms with Crippen molar-refractivity contribution in [1.29, 1.82) is 0 Å². The zero-order valence-corrected chi connectivity index (χ0v) is 10.9. The first-order chi connectivity index (χ1) is 9.36. The Kier molecular flexibility index (Phi) is 4.10. The normalized spacial score (nSPS) is 17.1. The number of amides is 1. The molecule has 0 aliphatic carbocycles. The van der Waals surface area contributed by atoms with E-state index >= 15 is 0 Å². The van der Waals surface area contributed by atoms with E-state index in [2.05, 4.69) is 15.3 Å². The van der Waals surface area contributed by atoms with Gasteiger partial charge in [0, 0.05) is 38.4 Å². The Hall–Kier alpha value is -1.86. The lowest BCUT2D eigenvalue weighted by atomic mass is 10.1. The highest BCUT2D eigenvalue weighted by Crippen LogP contribution is 2.28. The molecule has 0 atom stereocenters. The fraction of sp³-hybridized carbons (Fsp3) is 0.583. The van der Waals surface area contributed by atoms with Gasteiger partial charge in [-0.25, -0.2) is 9.97 Å². The number of nitrogens with one attached hydrogen (secondary N) is 1. The van der Waals surface area contributed by atoms with Gasteiger partial charge < -0.3 is 10.2 Å². The zero-order chi connectivity index (χ0) is 14.8. The maximum absolute atomic E-state index is 12.4. The Bertz CT molecular complexity index is 467. The molecule has 20 heavy (non-hydrogen) atoms. The van der Waals surface area contributed by atoms with Crippen LogP contribution in [0.3, 0.4) is 0 Å². The molecule has 0 spiro atoms. The quantitative estimate of drug-likeness (QED) is 0.898. The minimum absolute atomic E-state index is 0.0748. The molecule has 0 aromatic carbocycles. The molecule has 1 amide bonds. The van der Waals surface area contributed by atoms with Crippen molar-refractivity contribution < 1.29 is 18.0 Å². The summed E-state index contributed by atoms with van der Waals surface area (Å²) in [4.78, 5) is 20.3. The Morgan fingerprint density at radius 3 is 2.30 bits per heavy atom. The van der Waals surface area contributed by atoms with Crippen LogP contribution in [-0.4, -0.2) is 35.0 Å². The number of piperidine rings is 1. The fourth-order valence-electron chi connectivity index (χ4n) is 2.14. The van der Waals surface area contributed by atoms with Gasteiger partial charge in [0.25, 0.3) is 0 Å². The maximum Gasteiger partial charge on any atom is 0.419 e. The summed E-state index contributed by atoms with van der Waals surface area (Å²) in [5.41, 5.74) is -0.852. The van der Waals surface area contributed by atoms with Crippen LogP contribution in [0, 0.1) is 0 Å². The van der Waals surface area contributed by atoms with E-state index < -0.39 is 11.7 Å². The number of hydrogen-bond donors (Lipinski definition) is 1. The van der Waals surface area contributed by atoms with Crippen molar-refractivity contribution in [1.82, 2.24) is 15.3 Å². The molecule has 0 bridgehead atoms. The highest BCUT2D eigenvalue weighted by Gasteiger charge is 2.31. The summed E-state index contributed by atoms with van der Waals surface area (Å²) in [6.45, 7) is 2.68. The highest BCUT2D eigenvalue weighted by molar-refractivity contribution is 5.73. The van der Waals surface area contributed by atoms with Crippen LogP contribution in [0.15, 0.2) is 12.4 Å². The smallest absolute Gasteiger partial charge is 0.353 e. The van der Waals surface area contributed by atoms with Crippen molar-refractivity contribution in [2.24, 2.45) is 0 Å². The SMILES string of the molecule is CC(=O)NC1CCN(c2ncc(C(F)(F)F)cn2)CC1. The van der Waals surface area contributed by atoms with Crippen LogP contribution >= 0.6 is 0 Å². The van der Waals surface area contributed by atoms with Crippen LogP contribution in [0.1, 0.15) is 25.3 Å². The Labute approximate surface area is 114 Å². The standard InChI is InChI=1S/C12H15F3N4O/c1-8(20)18-10-2-4-19(5-3-10)11-16-6-9(7-17-11)12(13,14)15/h6-7,10H,2-5H2,1H3,(H,18,20). The fourth-order valence-corrected chi connectivity index (χ4v) is 2.14. The number of anilines is 1. The minimum atomic E-state index is -4.42. The first-order valence-electron chi connectivity index (χ1n) is 6.27. The van der Waals surface area contributed by atoms with E-state index in [1.54, 1.807) is 0 Å². The Balaban J connectivity index is 1.95. The van der Waals surface area contributed by atoms with Gasteiger partial charge in [-0.1, -0.05) is 0 Å². The van der Waals surface area contributed by atoms with Crippen molar-refractivity contribution in [2.75, 3.05) is 18.0 Å². The second kappa shape index (κ2) is 5.64. The molecule has 0 radical (unpaired) electrons. The summed E-state index contributed by atoms with van der Waals surface area (Å²) >= 11 is 0. The molecule has 1 saturated heterocycles. The Morgan fingerprint density at radius 1 is 1.30 bits per heavy atom. The van der Waals surface area contributed by atoms with Gasteiger partial charge in [-0.3, -0.25) is 4.79 Å². The van der Waals surface area contributed by atoms with Gasteiger partial charge in [-0.15, -0.1) is 0 Å². The number of carbonyl (C=O) groups is 1. The number of nitrogens with zero attached hydrogens (tertiary/aromatic N) is 3. The van der Waals surface area contributed by atoms with Crippen molar-refractivity contribution in [3.63, 3.8) is 0 Å². The van der Waals surface area contributed by atoms with Crippen LogP contribution < -0.4 is 10.2 Å². The third-order valence-electron chi connectivity index (χ3n) is 3.15. The largest absolute Gasteiger partial charge is 0.419 e. The number of aromatic nitrogens is 2. The first-order valence-corrected chi connectivity index (χ1v) is 6.27. The van der Waals surface area contributed by atoms with Gasteiger partial charge in [-0.05, 0) is 12.8 Å². The van der Waals surface area contributed by atoms with Gasteiger partial charge in [0.05, 0.1) is 5.56 Å². The molecule has 2 rings (SSSR count). The molecule has 8 heteroatoms. The second-order valence-corrected chi connectivity index (χ2v) is 4.73. The van der Waals surface area contributed by atoms with E-state index in [1.165, 1.54) is 6.92 Å². The van der Waals surface area contributed by atoms with Gasteiger partial charge >= 0.3 is 6.18 Å². The van der Waals surface area contributed by atoms with Crippen molar-refractivity contribution in [3.05, 3.63) is 18.0 Å². The molecular formula is C12H15F3N4O. The first kappa shape index (κ1) is 14.5. The third kappa shape index (κ3) is 3.58. The molecule has 0 saturated carbocycles. The lowest BCUT2D eigenvalue weighted by molar-refractivity contribution is -0.138. The lowest BCUT2D eigenvalue weighted by Gasteiger charge is -2.32. The second-order valence-electron chi connectivity index (χ2n) is 4.73. The lowest BCUT2D eigenvalue weighted by Crippen LogP contribution is -2.44. The molecule has 1 aromatic heterocycles. The van der Waals surface area contributed by atoms with Crippen LogP contribution in [0.2, 0.25) is 0 Å². The Morgan fingerprint density at radius 2 is 1.85 bits per heavy atom. The van der Waals surface area contributed by atoms with Crippen molar-refractivity contribution >= 4 is 11.9 Å². The summed E-state index contributed by atoms with van der Waals surface area (Å²) in [5, 5.41) is 2.83. The number of alkyl halides is 3. The number of halogens is 3. The van der Waals surface area contributed by atoms with Crippen molar-refractivity contribution in [2.45, 2.75) is 32.0 Å². The van der Waals surface area contributed by atoms with Crippen molar-refractivity contribution in [3.8, 4) is 0 Å². The molecule has 110 valence electrons. The van der Waals surface area contributed by atoms with Crippen LogP contribution in [0.25, 0.3) is 0 Å².